The van der Waals surface area contributed by atoms with Gasteiger partial charge in [0.05, 0.1) is 13.2 Å². The molecule has 0 fully saturated rings. The van der Waals surface area contributed by atoms with Crippen molar-refractivity contribution < 1.29 is 5.11 Å². The lowest BCUT2D eigenvalue weighted by atomic mass is 10.0. The lowest BCUT2D eigenvalue weighted by Crippen LogP contribution is -2.40. The number of hydrogen-bond donors (Lipinski definition) is 3. The van der Waals surface area contributed by atoms with Gasteiger partial charge >= 0.3 is 0 Å². The molecule has 24 heavy (non-hydrogen) atoms. The maximum absolute atomic E-state index is 9.59. The molecule has 1 heterocycles. The summed E-state index contributed by atoms with van der Waals surface area (Å²) in [5, 5.41) is 24.0. The number of aromatic nitrogens is 3. The third-order valence-corrected chi connectivity index (χ3v) is 3.68. The van der Waals surface area contributed by atoms with Crippen molar-refractivity contribution in [2.45, 2.75) is 25.9 Å². The predicted octanol–water partition coefficient (Wildman–Crippen LogP) is 1.36. The van der Waals surface area contributed by atoms with Gasteiger partial charge < -0.3 is 20.3 Å². The van der Waals surface area contributed by atoms with Crippen molar-refractivity contribution in [2.75, 3.05) is 20.2 Å². The zero-order valence-electron chi connectivity index (χ0n) is 14.0. The Morgan fingerprint density at radius 2 is 2.04 bits per heavy atom. The third-order valence-electron chi connectivity index (χ3n) is 3.68. The number of guanidine groups is 1. The van der Waals surface area contributed by atoms with Gasteiger partial charge in [-0.3, -0.25) is 4.99 Å². The van der Waals surface area contributed by atoms with Crippen molar-refractivity contribution in [1.82, 2.24) is 25.4 Å². The minimum Gasteiger partial charge on any atom is -0.396 e. The highest BCUT2D eigenvalue weighted by molar-refractivity contribution is 14.0. The number of aryl methyl sites for hydroxylation is 1. The van der Waals surface area contributed by atoms with Crippen LogP contribution in [0.25, 0.3) is 0 Å². The van der Waals surface area contributed by atoms with Gasteiger partial charge in [-0.1, -0.05) is 30.3 Å². The summed E-state index contributed by atoms with van der Waals surface area (Å²) < 4.78 is 1.97. The fourth-order valence-corrected chi connectivity index (χ4v) is 2.30. The molecule has 0 spiro atoms. The number of aliphatic hydroxyl groups is 1. The van der Waals surface area contributed by atoms with Crippen molar-refractivity contribution >= 4 is 29.9 Å². The van der Waals surface area contributed by atoms with Gasteiger partial charge in [-0.25, -0.2) is 0 Å². The first-order valence-electron chi connectivity index (χ1n) is 7.75. The average Bonchev–Trinajstić information content (AvgIpc) is 3.06. The van der Waals surface area contributed by atoms with Crippen LogP contribution in [0.1, 0.15) is 24.2 Å². The van der Waals surface area contributed by atoms with E-state index in [1.54, 1.807) is 13.4 Å². The fourth-order valence-electron chi connectivity index (χ4n) is 2.30. The van der Waals surface area contributed by atoms with Gasteiger partial charge in [-0.15, -0.1) is 34.2 Å². The molecule has 1 aromatic heterocycles. The van der Waals surface area contributed by atoms with E-state index < -0.39 is 0 Å². The van der Waals surface area contributed by atoms with Crippen LogP contribution in [0.15, 0.2) is 41.7 Å². The molecule has 0 aliphatic heterocycles. The number of rotatable bonds is 7. The van der Waals surface area contributed by atoms with E-state index in [-0.39, 0.29) is 36.5 Å². The van der Waals surface area contributed by atoms with Crippen molar-refractivity contribution in [3.05, 3.63) is 48.0 Å². The van der Waals surface area contributed by atoms with E-state index in [0.29, 0.717) is 19.0 Å². The number of nitrogens with one attached hydrogen (secondary N) is 2. The Balaban J connectivity index is 0.00000288. The summed E-state index contributed by atoms with van der Waals surface area (Å²) in [6.07, 6.45) is 1.71. The van der Waals surface area contributed by atoms with Crippen LogP contribution in [0.4, 0.5) is 0 Å². The number of benzene rings is 1. The van der Waals surface area contributed by atoms with Gasteiger partial charge in [-0.05, 0) is 12.5 Å². The van der Waals surface area contributed by atoms with Crippen LogP contribution in [-0.4, -0.2) is 46.0 Å². The number of aliphatic hydroxyl groups excluding tert-OH is 1. The topological polar surface area (TPSA) is 87.4 Å². The summed E-state index contributed by atoms with van der Waals surface area (Å²) in [6.45, 7) is 4.10. The predicted molar refractivity (Wildman–Crippen MR) is 106 cm³/mol. The van der Waals surface area contributed by atoms with Crippen molar-refractivity contribution in [2.24, 2.45) is 4.99 Å². The molecular formula is C16H25IN6O. The molecule has 2 aromatic rings. The van der Waals surface area contributed by atoms with Crippen molar-refractivity contribution in [3.8, 4) is 0 Å². The van der Waals surface area contributed by atoms with Gasteiger partial charge in [0.25, 0.3) is 0 Å². The van der Waals surface area contributed by atoms with Crippen LogP contribution in [0, 0.1) is 0 Å². The van der Waals surface area contributed by atoms with E-state index in [1.165, 1.54) is 0 Å². The van der Waals surface area contributed by atoms with Crippen LogP contribution in [0.5, 0.6) is 0 Å². The minimum atomic E-state index is 0. The molecular weight excluding hydrogens is 419 g/mol. The third kappa shape index (κ3) is 5.75. The Morgan fingerprint density at radius 1 is 1.29 bits per heavy atom. The molecule has 3 N–H and O–H groups in total. The maximum atomic E-state index is 9.59. The summed E-state index contributed by atoms with van der Waals surface area (Å²) in [6, 6.07) is 9.95. The summed E-state index contributed by atoms with van der Waals surface area (Å²) in [7, 11) is 1.72. The summed E-state index contributed by atoms with van der Waals surface area (Å²) in [5.41, 5.74) is 1.10. The van der Waals surface area contributed by atoms with E-state index in [0.717, 1.165) is 17.9 Å². The van der Waals surface area contributed by atoms with Gasteiger partial charge in [-0.2, -0.15) is 0 Å². The van der Waals surface area contributed by atoms with E-state index in [4.69, 9.17) is 0 Å². The number of hydrogen-bond acceptors (Lipinski definition) is 4. The Bertz CT molecular complexity index is 616. The van der Waals surface area contributed by atoms with E-state index >= 15 is 0 Å². The van der Waals surface area contributed by atoms with Crippen molar-refractivity contribution in [1.29, 1.82) is 0 Å². The molecule has 8 heteroatoms. The fraction of sp³-hybridized carbons (Fsp3) is 0.438. The van der Waals surface area contributed by atoms with E-state index in [2.05, 4.69) is 25.8 Å². The highest BCUT2D eigenvalue weighted by atomic mass is 127. The zero-order valence-corrected chi connectivity index (χ0v) is 16.3. The minimum absolute atomic E-state index is 0. The largest absolute Gasteiger partial charge is 0.396 e. The molecule has 0 amide bonds. The first-order valence-corrected chi connectivity index (χ1v) is 7.75. The van der Waals surface area contributed by atoms with Crippen LogP contribution in [-0.2, 0) is 13.1 Å². The van der Waals surface area contributed by atoms with Crippen LogP contribution in [0.2, 0.25) is 0 Å². The van der Waals surface area contributed by atoms with Gasteiger partial charge in [0.1, 0.15) is 6.33 Å². The molecule has 1 atom stereocenters. The number of nitrogens with zero attached hydrogens (tertiary/aromatic N) is 4. The number of halogens is 1. The Morgan fingerprint density at radius 3 is 2.67 bits per heavy atom. The second kappa shape index (κ2) is 11.0. The van der Waals surface area contributed by atoms with Crippen molar-refractivity contribution in [3.63, 3.8) is 0 Å². The normalized spacial score (nSPS) is 12.4. The molecule has 0 radical (unpaired) electrons. The molecule has 2 rings (SSSR count). The van der Waals surface area contributed by atoms with E-state index in [9.17, 15) is 5.11 Å². The lowest BCUT2D eigenvalue weighted by Gasteiger charge is -2.18. The SMILES string of the molecule is CCn1cnnc1CNC(=NC)NCC(CO)c1ccccc1.I. The smallest absolute Gasteiger partial charge is 0.191 e. The lowest BCUT2D eigenvalue weighted by molar-refractivity contribution is 0.265. The highest BCUT2D eigenvalue weighted by Gasteiger charge is 2.11. The zero-order chi connectivity index (χ0) is 16.5. The quantitative estimate of drug-likeness (QED) is 0.341. The summed E-state index contributed by atoms with van der Waals surface area (Å²) >= 11 is 0. The van der Waals surface area contributed by atoms with Crippen LogP contribution in [0.3, 0.4) is 0 Å². The average molecular weight is 444 g/mol. The van der Waals surface area contributed by atoms with Gasteiger partial charge in [0.15, 0.2) is 11.8 Å². The van der Waals surface area contributed by atoms with Crippen LogP contribution < -0.4 is 10.6 Å². The molecule has 0 saturated heterocycles. The maximum Gasteiger partial charge on any atom is 0.191 e. The highest BCUT2D eigenvalue weighted by Crippen LogP contribution is 2.13. The monoisotopic (exact) mass is 444 g/mol. The second-order valence-corrected chi connectivity index (χ2v) is 5.13. The Kier molecular flexibility index (Phi) is 9.31. The molecule has 1 unspecified atom stereocenters. The molecule has 0 bridgehead atoms. The second-order valence-electron chi connectivity index (χ2n) is 5.13. The van der Waals surface area contributed by atoms with E-state index in [1.807, 2.05) is 41.8 Å². The number of aliphatic imine (C=N–C) groups is 1. The van der Waals surface area contributed by atoms with Gasteiger partial charge in [0.2, 0.25) is 0 Å². The summed E-state index contributed by atoms with van der Waals surface area (Å²) in [4.78, 5) is 4.20. The van der Waals surface area contributed by atoms with Gasteiger partial charge in [0, 0.05) is 26.1 Å². The molecule has 7 nitrogen and oxygen atoms in total. The molecule has 132 valence electrons. The molecule has 0 saturated carbocycles. The standard InChI is InChI=1S/C16H24N6O.HI/c1-3-22-12-20-21-15(22)10-19-16(17-2)18-9-14(11-23)13-7-5-4-6-8-13;/h4-8,12,14,23H,3,9-11H2,1-2H3,(H2,17,18,19);1H. The molecule has 1 aromatic carbocycles. The Labute approximate surface area is 159 Å². The summed E-state index contributed by atoms with van der Waals surface area (Å²) in [5.74, 6) is 1.55. The Hall–Kier alpha value is -1.68. The first kappa shape index (κ1) is 20.4. The molecule has 0 aliphatic rings. The van der Waals surface area contributed by atoms with Crippen LogP contribution >= 0.6 is 24.0 Å². The first-order chi connectivity index (χ1) is 11.3. The molecule has 0 aliphatic carbocycles.